The summed E-state index contributed by atoms with van der Waals surface area (Å²) in [5.74, 6) is 0.784. The smallest absolute Gasteiger partial charge is 0.205 e. The molecule has 0 aliphatic heterocycles. The van der Waals surface area contributed by atoms with Crippen LogP contribution in [0, 0.1) is 6.57 Å². The zero-order valence-electron chi connectivity index (χ0n) is 13.7. The molecule has 0 saturated heterocycles. The van der Waals surface area contributed by atoms with Crippen molar-refractivity contribution >= 4 is 16.7 Å². The summed E-state index contributed by atoms with van der Waals surface area (Å²) in [4.78, 5) is 21.0. The Kier molecular flexibility index (Phi) is 3.96. The highest BCUT2D eigenvalue weighted by Crippen LogP contribution is 2.21. The van der Waals surface area contributed by atoms with Gasteiger partial charge >= 0.3 is 0 Å². The molecule has 0 aliphatic rings. The van der Waals surface area contributed by atoms with Gasteiger partial charge in [0, 0.05) is 30.1 Å². The van der Waals surface area contributed by atoms with Crippen LogP contribution in [0.1, 0.15) is 11.3 Å². The molecular weight excluding hydrogens is 326 g/mol. The molecule has 0 amide bonds. The third kappa shape index (κ3) is 3.19. The maximum Gasteiger partial charge on any atom is 0.205 e. The van der Waals surface area contributed by atoms with E-state index in [9.17, 15) is 5.11 Å². The first-order chi connectivity index (χ1) is 12.7. The summed E-state index contributed by atoms with van der Waals surface area (Å²) in [6.45, 7) is 6.98. The molecule has 4 rings (SSSR count). The second-order valence-electron chi connectivity index (χ2n) is 5.78. The average Bonchev–Trinajstić information content (AvgIpc) is 2.68. The fourth-order valence-corrected chi connectivity index (χ4v) is 2.60. The lowest BCUT2D eigenvalue weighted by Gasteiger charge is -2.05. The van der Waals surface area contributed by atoms with Gasteiger partial charge < -0.3 is 5.11 Å². The van der Waals surface area contributed by atoms with Gasteiger partial charge in [0.2, 0.25) is 5.69 Å². The van der Waals surface area contributed by atoms with Gasteiger partial charge in [-0.05, 0) is 35.9 Å². The molecule has 3 aromatic heterocycles. The minimum atomic E-state index is 0.204. The van der Waals surface area contributed by atoms with Gasteiger partial charge in [0.1, 0.15) is 11.3 Å². The molecule has 6 heteroatoms. The molecular formula is C20H13N5O. The molecule has 0 fully saturated rings. The lowest BCUT2D eigenvalue weighted by atomic mass is 10.1. The number of rotatable bonds is 3. The van der Waals surface area contributed by atoms with Gasteiger partial charge in [0.15, 0.2) is 5.82 Å². The van der Waals surface area contributed by atoms with E-state index in [1.54, 1.807) is 48.9 Å². The molecule has 0 atom stereocenters. The Morgan fingerprint density at radius 2 is 1.73 bits per heavy atom. The second-order valence-corrected chi connectivity index (χ2v) is 5.78. The standard InChI is InChI=1S/C20H13N5O/c1-21-16-5-4-15(22-11-16)8-13-9-18-19(23-10-13)12-24-20(25-18)14-2-6-17(26)7-3-14/h2-7,9-12,26H,8H2. The number of fused-ring (bicyclic) bond motifs is 1. The van der Waals surface area contributed by atoms with Gasteiger partial charge in [0.25, 0.3) is 0 Å². The zero-order valence-corrected chi connectivity index (χ0v) is 13.7. The van der Waals surface area contributed by atoms with Gasteiger partial charge in [0.05, 0.1) is 18.3 Å². The second kappa shape index (κ2) is 6.57. The number of nitrogens with zero attached hydrogens (tertiary/aromatic N) is 5. The summed E-state index contributed by atoms with van der Waals surface area (Å²) in [5.41, 5.74) is 4.66. The molecule has 0 radical (unpaired) electrons. The van der Waals surface area contributed by atoms with E-state index in [1.165, 1.54) is 0 Å². The molecule has 4 aromatic rings. The number of phenolic OH excluding ortho intramolecular Hbond substituents is 1. The first kappa shape index (κ1) is 15.7. The molecule has 1 N–H and O–H groups in total. The molecule has 1 aromatic carbocycles. The number of hydrogen-bond acceptors (Lipinski definition) is 5. The first-order valence-corrected chi connectivity index (χ1v) is 7.95. The van der Waals surface area contributed by atoms with Crippen LogP contribution in [0.3, 0.4) is 0 Å². The fraction of sp³-hybridized carbons (Fsp3) is 0.0500. The van der Waals surface area contributed by atoms with Crippen molar-refractivity contribution < 1.29 is 5.11 Å². The molecule has 0 spiro atoms. The number of aromatic nitrogens is 4. The molecule has 26 heavy (non-hydrogen) atoms. The van der Waals surface area contributed by atoms with Crippen molar-refractivity contribution in [3.8, 4) is 17.1 Å². The Morgan fingerprint density at radius 3 is 2.46 bits per heavy atom. The number of aromatic hydroxyl groups is 1. The molecule has 6 nitrogen and oxygen atoms in total. The van der Waals surface area contributed by atoms with Crippen LogP contribution in [-0.4, -0.2) is 25.0 Å². The number of hydrogen-bond donors (Lipinski definition) is 1. The van der Waals surface area contributed by atoms with Gasteiger partial charge in [-0.2, -0.15) is 0 Å². The fourth-order valence-electron chi connectivity index (χ4n) is 2.60. The van der Waals surface area contributed by atoms with E-state index in [4.69, 9.17) is 6.57 Å². The predicted molar refractivity (Wildman–Crippen MR) is 97.7 cm³/mol. The molecule has 124 valence electrons. The van der Waals surface area contributed by atoms with Crippen LogP contribution in [0.5, 0.6) is 5.75 Å². The minimum absolute atomic E-state index is 0.204. The maximum atomic E-state index is 9.41. The molecule has 0 bridgehead atoms. The quantitative estimate of drug-likeness (QED) is 0.572. The van der Waals surface area contributed by atoms with E-state index in [0.717, 1.165) is 22.3 Å². The maximum absolute atomic E-state index is 9.41. The normalized spacial score (nSPS) is 10.6. The van der Waals surface area contributed by atoms with E-state index in [2.05, 4.69) is 24.8 Å². The Morgan fingerprint density at radius 1 is 0.885 bits per heavy atom. The van der Waals surface area contributed by atoms with Crippen LogP contribution in [0.2, 0.25) is 0 Å². The van der Waals surface area contributed by atoms with Crippen molar-refractivity contribution in [2.75, 3.05) is 0 Å². The summed E-state index contributed by atoms with van der Waals surface area (Å²) in [6.07, 6.45) is 5.66. The number of phenols is 1. The summed E-state index contributed by atoms with van der Waals surface area (Å²) >= 11 is 0. The highest BCUT2D eigenvalue weighted by atomic mass is 16.3. The van der Waals surface area contributed by atoms with Gasteiger partial charge in [-0.3, -0.25) is 9.97 Å². The number of benzene rings is 1. The molecule has 0 unspecified atom stereocenters. The Labute approximate surface area is 149 Å². The SMILES string of the molecule is [C-]#[N+]c1ccc(Cc2cnc3cnc(-c4ccc(O)cc4)nc3c2)nc1. The Bertz CT molecular complexity index is 1120. The summed E-state index contributed by atoms with van der Waals surface area (Å²) in [6, 6.07) is 12.3. The van der Waals surface area contributed by atoms with Crippen LogP contribution in [-0.2, 0) is 6.42 Å². The van der Waals surface area contributed by atoms with E-state index < -0.39 is 0 Å². The van der Waals surface area contributed by atoms with E-state index in [0.29, 0.717) is 23.4 Å². The van der Waals surface area contributed by atoms with E-state index in [1.807, 2.05) is 12.1 Å². The van der Waals surface area contributed by atoms with E-state index in [-0.39, 0.29) is 5.75 Å². The topological polar surface area (TPSA) is 76.2 Å². The van der Waals surface area contributed by atoms with Crippen molar-refractivity contribution in [1.82, 2.24) is 19.9 Å². The lowest BCUT2D eigenvalue weighted by Crippen LogP contribution is -1.96. The van der Waals surface area contributed by atoms with Crippen molar-refractivity contribution in [1.29, 1.82) is 0 Å². The van der Waals surface area contributed by atoms with Gasteiger partial charge in [-0.25, -0.2) is 14.8 Å². The summed E-state index contributed by atoms with van der Waals surface area (Å²) in [7, 11) is 0. The monoisotopic (exact) mass is 339 g/mol. The van der Waals surface area contributed by atoms with Crippen LogP contribution in [0.4, 0.5) is 5.69 Å². The highest BCUT2D eigenvalue weighted by Gasteiger charge is 2.06. The minimum Gasteiger partial charge on any atom is -0.508 e. The third-order valence-corrected chi connectivity index (χ3v) is 3.94. The van der Waals surface area contributed by atoms with Crippen LogP contribution in [0.25, 0.3) is 27.3 Å². The van der Waals surface area contributed by atoms with Crippen molar-refractivity contribution in [3.05, 3.63) is 83.7 Å². The lowest BCUT2D eigenvalue weighted by molar-refractivity contribution is 0.475. The Balaban J connectivity index is 1.66. The average molecular weight is 339 g/mol. The van der Waals surface area contributed by atoms with E-state index >= 15 is 0 Å². The van der Waals surface area contributed by atoms with Crippen LogP contribution < -0.4 is 0 Å². The van der Waals surface area contributed by atoms with Crippen molar-refractivity contribution in [2.24, 2.45) is 0 Å². The highest BCUT2D eigenvalue weighted by molar-refractivity contribution is 5.76. The molecule has 3 heterocycles. The van der Waals surface area contributed by atoms with Gasteiger partial charge in [-0.1, -0.05) is 12.1 Å². The molecule has 0 saturated carbocycles. The zero-order chi connectivity index (χ0) is 17.9. The van der Waals surface area contributed by atoms with Gasteiger partial charge in [-0.15, -0.1) is 0 Å². The van der Waals surface area contributed by atoms with Crippen molar-refractivity contribution in [2.45, 2.75) is 6.42 Å². The first-order valence-electron chi connectivity index (χ1n) is 7.95. The Hall–Kier alpha value is -3.85. The third-order valence-electron chi connectivity index (χ3n) is 3.94. The van der Waals surface area contributed by atoms with Crippen LogP contribution >= 0.6 is 0 Å². The van der Waals surface area contributed by atoms with Crippen molar-refractivity contribution in [3.63, 3.8) is 0 Å². The number of pyridine rings is 2. The molecule has 0 aliphatic carbocycles. The summed E-state index contributed by atoms with van der Waals surface area (Å²) < 4.78 is 0. The summed E-state index contributed by atoms with van der Waals surface area (Å²) in [5, 5.41) is 9.41. The van der Waals surface area contributed by atoms with Crippen LogP contribution in [0.15, 0.2) is 61.1 Å². The largest absolute Gasteiger partial charge is 0.508 e. The predicted octanol–water partition coefficient (Wildman–Crippen LogP) is 3.93.